The minimum absolute atomic E-state index is 0.0694. The Bertz CT molecular complexity index is 1140. The van der Waals surface area contributed by atoms with Gasteiger partial charge in [0.25, 0.3) is 0 Å². The first-order valence-electron chi connectivity index (χ1n) is 19.9. The number of nitrogens with zero attached hydrogens (tertiary/aromatic N) is 1. The van der Waals surface area contributed by atoms with E-state index in [-0.39, 0.29) is 61.4 Å². The molecule has 2 N–H and O–H groups in total. The number of ether oxygens (including phenoxy) is 8. The molecule has 1 unspecified atom stereocenters. The Morgan fingerprint density at radius 1 is 0.852 bits per heavy atom. The Balaban J connectivity index is 1.90. The van der Waals surface area contributed by atoms with Crippen LogP contribution in [-0.2, 0) is 52.3 Å². The molecular weight excluding hydrogens is 702 g/mol. The topological polar surface area (TPSA) is 169 Å². The molecule has 0 amide bonds. The van der Waals surface area contributed by atoms with Crippen LogP contribution in [0.1, 0.15) is 92.9 Å². The minimum Gasteiger partial charge on any atom is -0.462 e. The average Bonchev–Trinajstić information content (AvgIpc) is 3.13. The molecule has 0 aliphatic carbocycles. The number of ketones is 1. The van der Waals surface area contributed by atoms with Crippen molar-refractivity contribution in [3.8, 4) is 0 Å². The first kappa shape index (κ1) is 46.8. The highest BCUT2D eigenvalue weighted by Crippen LogP contribution is 2.35. The van der Waals surface area contributed by atoms with Gasteiger partial charge in [-0.05, 0) is 71.9 Å². The standard InChI is InChI=1S/C40H71NO13/c1-12-32-28(21-50-40-38(49-11)37(48-10)36(47-9)26(6)52-40)17-22(2)13-14-30(43)23(3)18-27(15-16-42)35(25(5)31(44)20-33(45)53-32)54-39-34(46)29(41(7)8)19-24(4)51-39/h16,22-29,31-32,34-40,44,46H,12-15,17-21H2,1-11H3/t22?,23-,24-,25-,26-,27+,28-,29+,31-,32-,34-,35-,36-,37-,38-,39+,40-/m1/s1. The maximum Gasteiger partial charge on any atom is 0.308 e. The van der Waals surface area contributed by atoms with E-state index < -0.39 is 72.9 Å². The first-order chi connectivity index (χ1) is 25.6. The lowest BCUT2D eigenvalue weighted by atomic mass is 9.79. The highest BCUT2D eigenvalue weighted by atomic mass is 16.7. The van der Waals surface area contributed by atoms with E-state index in [1.165, 1.54) is 0 Å². The first-order valence-corrected chi connectivity index (χ1v) is 19.9. The van der Waals surface area contributed by atoms with Crippen molar-refractivity contribution < 1.29 is 62.5 Å². The number of likely N-dealkylation sites (N-methyl/N-ethyl adjacent to an activating group) is 1. The zero-order chi connectivity index (χ0) is 40.3. The lowest BCUT2D eigenvalue weighted by Crippen LogP contribution is -2.59. The van der Waals surface area contributed by atoms with Gasteiger partial charge in [-0.3, -0.25) is 9.59 Å². The molecule has 3 aliphatic rings. The summed E-state index contributed by atoms with van der Waals surface area (Å²) in [6.07, 6.45) is -3.84. The number of aliphatic hydroxyl groups excluding tert-OH is 2. The molecule has 17 atom stereocenters. The molecule has 3 saturated heterocycles. The van der Waals surface area contributed by atoms with Gasteiger partial charge in [0.05, 0.1) is 37.4 Å². The third-order valence-corrected chi connectivity index (χ3v) is 12.0. The summed E-state index contributed by atoms with van der Waals surface area (Å²) in [7, 11) is 8.52. The molecule has 314 valence electrons. The Labute approximate surface area is 323 Å². The molecule has 0 spiro atoms. The Morgan fingerprint density at radius 2 is 1.52 bits per heavy atom. The van der Waals surface area contributed by atoms with Crippen molar-refractivity contribution in [2.45, 2.75) is 166 Å². The van der Waals surface area contributed by atoms with Crippen LogP contribution in [0.4, 0.5) is 0 Å². The van der Waals surface area contributed by atoms with Gasteiger partial charge in [0.1, 0.15) is 42.6 Å². The van der Waals surface area contributed by atoms with Gasteiger partial charge in [-0.1, -0.05) is 27.7 Å². The molecule has 0 bridgehead atoms. The molecule has 0 saturated carbocycles. The van der Waals surface area contributed by atoms with Gasteiger partial charge in [-0.2, -0.15) is 0 Å². The summed E-state index contributed by atoms with van der Waals surface area (Å²) >= 11 is 0. The number of cyclic esters (lactones) is 1. The third-order valence-electron chi connectivity index (χ3n) is 12.0. The number of esters is 1. The zero-order valence-electron chi connectivity index (χ0n) is 34.6. The molecule has 0 aromatic heterocycles. The SMILES string of the molecule is CC[C@H]1OC(=O)C[C@@H](O)[C@@H](C)[C@@H](O[C@@H]2O[C@H](C)C[C@H](N(C)C)[C@H]2O)[C@@H](CC=O)C[C@@H](C)C(=O)CCC(C)C[C@@H]1CO[C@@H]1O[C@H](C)[C@@H](OC)[C@@H](OC)[C@H]1OC. The van der Waals surface area contributed by atoms with E-state index in [0.29, 0.717) is 38.5 Å². The molecule has 14 heteroatoms. The van der Waals surface area contributed by atoms with Crippen LogP contribution in [0.3, 0.4) is 0 Å². The highest BCUT2D eigenvalue weighted by Gasteiger charge is 2.47. The van der Waals surface area contributed by atoms with E-state index in [1.807, 2.05) is 46.7 Å². The van der Waals surface area contributed by atoms with Crippen LogP contribution >= 0.6 is 0 Å². The van der Waals surface area contributed by atoms with E-state index in [0.717, 1.165) is 6.29 Å². The summed E-state index contributed by atoms with van der Waals surface area (Å²) in [6.45, 7) is 11.6. The van der Waals surface area contributed by atoms with Gasteiger partial charge < -0.3 is 57.8 Å². The van der Waals surface area contributed by atoms with Crippen molar-refractivity contribution in [3.05, 3.63) is 0 Å². The predicted molar refractivity (Wildman–Crippen MR) is 199 cm³/mol. The van der Waals surface area contributed by atoms with Crippen LogP contribution in [0.15, 0.2) is 0 Å². The van der Waals surface area contributed by atoms with Crippen molar-refractivity contribution in [1.29, 1.82) is 0 Å². The fourth-order valence-corrected chi connectivity index (χ4v) is 8.62. The second-order valence-electron chi connectivity index (χ2n) is 16.3. The minimum atomic E-state index is -1.22. The number of rotatable bonds is 12. The number of hydrogen-bond donors (Lipinski definition) is 2. The van der Waals surface area contributed by atoms with Crippen molar-refractivity contribution in [1.82, 2.24) is 4.90 Å². The number of aliphatic hydroxyl groups is 2. The fourth-order valence-electron chi connectivity index (χ4n) is 8.62. The maximum atomic E-state index is 13.7. The van der Waals surface area contributed by atoms with Gasteiger partial charge in [-0.25, -0.2) is 0 Å². The maximum absolute atomic E-state index is 13.7. The summed E-state index contributed by atoms with van der Waals surface area (Å²) in [5.41, 5.74) is 0. The second kappa shape index (κ2) is 22.4. The summed E-state index contributed by atoms with van der Waals surface area (Å²) in [5.74, 6) is -2.26. The summed E-state index contributed by atoms with van der Waals surface area (Å²) < 4.78 is 48.5. The Hall–Kier alpha value is -1.59. The van der Waals surface area contributed by atoms with Crippen LogP contribution in [0.25, 0.3) is 0 Å². The highest BCUT2D eigenvalue weighted by molar-refractivity contribution is 5.80. The van der Waals surface area contributed by atoms with E-state index in [4.69, 9.17) is 37.9 Å². The number of hydrogen-bond acceptors (Lipinski definition) is 14. The van der Waals surface area contributed by atoms with Crippen molar-refractivity contribution in [2.75, 3.05) is 42.0 Å². The number of carbonyl (C=O) groups is 3. The number of Topliss-reactive ketones (excluding diaryl/α,β-unsaturated/α-hetero) is 1. The van der Waals surface area contributed by atoms with Crippen molar-refractivity contribution >= 4 is 18.0 Å². The lowest BCUT2D eigenvalue weighted by molar-refractivity contribution is -0.308. The van der Waals surface area contributed by atoms with Crippen LogP contribution in [0, 0.1) is 29.6 Å². The van der Waals surface area contributed by atoms with E-state index in [2.05, 4.69) is 6.92 Å². The molecule has 14 nitrogen and oxygen atoms in total. The smallest absolute Gasteiger partial charge is 0.308 e. The molecule has 54 heavy (non-hydrogen) atoms. The third kappa shape index (κ3) is 12.5. The monoisotopic (exact) mass is 773 g/mol. The Kier molecular flexibility index (Phi) is 19.4. The molecule has 3 rings (SSSR count). The average molecular weight is 774 g/mol. The number of methoxy groups -OCH3 is 3. The van der Waals surface area contributed by atoms with Crippen molar-refractivity contribution in [2.24, 2.45) is 29.6 Å². The molecule has 3 aliphatic heterocycles. The number of aldehydes is 1. The molecule has 0 aromatic rings. The fraction of sp³-hybridized carbons (Fsp3) is 0.925. The van der Waals surface area contributed by atoms with Gasteiger partial charge in [0, 0.05) is 58.0 Å². The van der Waals surface area contributed by atoms with Crippen LogP contribution in [-0.4, -0.2) is 149 Å². The van der Waals surface area contributed by atoms with E-state index in [1.54, 1.807) is 28.3 Å². The number of carbonyl (C=O) groups excluding carboxylic acids is 3. The van der Waals surface area contributed by atoms with Gasteiger partial charge in [0.2, 0.25) is 0 Å². The van der Waals surface area contributed by atoms with Crippen LogP contribution in [0.2, 0.25) is 0 Å². The Morgan fingerprint density at radius 3 is 2.11 bits per heavy atom. The van der Waals surface area contributed by atoms with Gasteiger partial charge >= 0.3 is 5.97 Å². The van der Waals surface area contributed by atoms with E-state index in [9.17, 15) is 24.6 Å². The summed E-state index contributed by atoms with van der Waals surface area (Å²) in [4.78, 5) is 41.3. The normalized spacial score (nSPS) is 42.4. The van der Waals surface area contributed by atoms with Crippen molar-refractivity contribution in [3.63, 3.8) is 0 Å². The quantitative estimate of drug-likeness (QED) is 0.218. The molecule has 3 fully saturated rings. The molecule has 0 aromatic carbocycles. The molecular formula is C40H71NO13. The molecule has 0 radical (unpaired) electrons. The summed E-state index contributed by atoms with van der Waals surface area (Å²) in [6, 6.07) is -0.243. The lowest BCUT2D eigenvalue weighted by Gasteiger charge is -2.44. The van der Waals surface area contributed by atoms with Gasteiger partial charge in [0.15, 0.2) is 12.6 Å². The largest absolute Gasteiger partial charge is 0.462 e. The van der Waals surface area contributed by atoms with Crippen LogP contribution in [0.5, 0.6) is 0 Å². The van der Waals surface area contributed by atoms with E-state index >= 15 is 0 Å². The predicted octanol–water partition coefficient (Wildman–Crippen LogP) is 3.55. The van der Waals surface area contributed by atoms with Gasteiger partial charge in [-0.15, -0.1) is 0 Å². The molecule has 3 heterocycles. The second-order valence-corrected chi connectivity index (χ2v) is 16.3. The zero-order valence-corrected chi connectivity index (χ0v) is 34.6. The summed E-state index contributed by atoms with van der Waals surface area (Å²) in [5, 5.41) is 22.9. The van der Waals surface area contributed by atoms with Crippen LogP contribution < -0.4 is 0 Å².